The highest BCUT2D eigenvalue weighted by molar-refractivity contribution is 5.87. The predicted octanol–water partition coefficient (Wildman–Crippen LogP) is 1.48. The van der Waals surface area contributed by atoms with Crippen LogP contribution < -0.4 is 5.73 Å². The molecule has 2 fully saturated rings. The molecule has 0 aliphatic heterocycles. The maximum atomic E-state index is 11.6. The third kappa shape index (κ3) is 1.53. The van der Waals surface area contributed by atoms with E-state index < -0.39 is 0 Å². The summed E-state index contributed by atoms with van der Waals surface area (Å²) in [6.45, 7) is 0.580. The third-order valence-corrected chi connectivity index (χ3v) is 3.31. The number of rotatable bonds is 5. The second-order valence-electron chi connectivity index (χ2n) is 4.39. The van der Waals surface area contributed by atoms with Crippen molar-refractivity contribution >= 4 is 5.78 Å². The van der Waals surface area contributed by atoms with E-state index in [1.54, 1.807) is 0 Å². The van der Waals surface area contributed by atoms with Gasteiger partial charge < -0.3 is 5.73 Å². The van der Waals surface area contributed by atoms with Gasteiger partial charge in [0.1, 0.15) is 5.78 Å². The summed E-state index contributed by atoms with van der Waals surface area (Å²) in [6.07, 6.45) is 6.72. The summed E-state index contributed by atoms with van der Waals surface area (Å²) >= 11 is 0. The zero-order valence-electron chi connectivity index (χ0n) is 7.51. The molecule has 0 radical (unpaired) electrons. The number of ketones is 1. The first-order valence-electron chi connectivity index (χ1n) is 5.00. The van der Waals surface area contributed by atoms with Gasteiger partial charge in [0.05, 0.1) is 0 Å². The average molecular weight is 167 g/mol. The van der Waals surface area contributed by atoms with Crippen molar-refractivity contribution in [3.05, 3.63) is 0 Å². The van der Waals surface area contributed by atoms with E-state index in [2.05, 4.69) is 0 Å². The Morgan fingerprint density at radius 2 is 2.08 bits per heavy atom. The largest absolute Gasteiger partial charge is 0.329 e. The maximum absolute atomic E-state index is 11.6. The molecule has 12 heavy (non-hydrogen) atoms. The van der Waals surface area contributed by atoms with E-state index in [4.69, 9.17) is 5.73 Å². The van der Waals surface area contributed by atoms with Gasteiger partial charge in [0.25, 0.3) is 0 Å². The molecule has 0 aromatic rings. The van der Waals surface area contributed by atoms with E-state index in [9.17, 15) is 4.79 Å². The van der Waals surface area contributed by atoms with Crippen LogP contribution in [0.15, 0.2) is 0 Å². The molecular weight excluding hydrogens is 150 g/mol. The Labute approximate surface area is 73.5 Å². The summed E-state index contributed by atoms with van der Waals surface area (Å²) in [7, 11) is 0. The summed E-state index contributed by atoms with van der Waals surface area (Å²) in [5, 5.41) is 0. The quantitative estimate of drug-likeness (QED) is 0.674. The Balaban J connectivity index is 1.75. The number of carbonyl (C=O) groups is 1. The standard InChI is InChI=1S/C10H17NO/c11-7-10(5-6-10)9(12)4-3-8-1-2-8/h8H,1-7,11H2. The second kappa shape index (κ2) is 2.84. The molecule has 2 aliphatic carbocycles. The molecule has 0 heterocycles. The molecule has 0 aromatic carbocycles. The molecule has 0 aromatic heterocycles. The first-order chi connectivity index (χ1) is 5.77. The minimum absolute atomic E-state index is 0.0467. The molecule has 0 bridgehead atoms. The van der Waals surface area contributed by atoms with Crippen molar-refractivity contribution in [1.29, 1.82) is 0 Å². The molecule has 68 valence electrons. The van der Waals surface area contributed by atoms with Crippen molar-refractivity contribution in [2.24, 2.45) is 17.1 Å². The fourth-order valence-electron chi connectivity index (χ4n) is 1.75. The van der Waals surface area contributed by atoms with Crippen LogP contribution in [0.5, 0.6) is 0 Å². The van der Waals surface area contributed by atoms with Gasteiger partial charge in [0.15, 0.2) is 0 Å². The number of hydrogen-bond acceptors (Lipinski definition) is 2. The lowest BCUT2D eigenvalue weighted by Crippen LogP contribution is -2.25. The molecule has 2 aliphatic rings. The van der Waals surface area contributed by atoms with Gasteiger partial charge in [-0.1, -0.05) is 12.8 Å². The Kier molecular flexibility index (Phi) is 1.95. The lowest BCUT2D eigenvalue weighted by atomic mass is 9.96. The normalized spacial score (nSPS) is 25.4. The summed E-state index contributed by atoms with van der Waals surface area (Å²) < 4.78 is 0. The molecule has 2 rings (SSSR count). The summed E-state index contributed by atoms with van der Waals surface area (Å²) in [4.78, 5) is 11.6. The van der Waals surface area contributed by atoms with Crippen molar-refractivity contribution < 1.29 is 4.79 Å². The molecule has 2 N–H and O–H groups in total. The van der Waals surface area contributed by atoms with E-state index in [0.29, 0.717) is 12.3 Å². The van der Waals surface area contributed by atoms with Gasteiger partial charge >= 0.3 is 0 Å². The van der Waals surface area contributed by atoms with E-state index >= 15 is 0 Å². The number of Topliss-reactive ketones (excluding diaryl/α,β-unsaturated/α-hetero) is 1. The van der Waals surface area contributed by atoms with Crippen LogP contribution in [0.2, 0.25) is 0 Å². The number of hydrogen-bond donors (Lipinski definition) is 1. The molecular formula is C10H17NO. The highest BCUT2D eigenvalue weighted by Crippen LogP contribution is 2.47. The molecule has 0 unspecified atom stereocenters. The van der Waals surface area contributed by atoms with E-state index in [1.165, 1.54) is 12.8 Å². The third-order valence-electron chi connectivity index (χ3n) is 3.31. The first-order valence-corrected chi connectivity index (χ1v) is 5.00. The number of carbonyl (C=O) groups excluding carboxylic acids is 1. The Hall–Kier alpha value is -0.370. The van der Waals surface area contributed by atoms with Gasteiger partial charge in [0, 0.05) is 18.4 Å². The first kappa shape index (κ1) is 8.24. The van der Waals surface area contributed by atoms with Crippen molar-refractivity contribution in [1.82, 2.24) is 0 Å². The zero-order chi connectivity index (χ0) is 8.60. The van der Waals surface area contributed by atoms with E-state index in [-0.39, 0.29) is 5.41 Å². The van der Waals surface area contributed by atoms with Crippen LogP contribution in [0.1, 0.15) is 38.5 Å². The minimum atomic E-state index is -0.0467. The highest BCUT2D eigenvalue weighted by Gasteiger charge is 2.47. The highest BCUT2D eigenvalue weighted by atomic mass is 16.1. The van der Waals surface area contributed by atoms with E-state index in [1.807, 2.05) is 0 Å². The topological polar surface area (TPSA) is 43.1 Å². The smallest absolute Gasteiger partial charge is 0.140 e. The Bertz CT molecular complexity index is 192. The molecule has 2 nitrogen and oxygen atoms in total. The average Bonchev–Trinajstić information content (AvgIpc) is 2.95. The SMILES string of the molecule is NCC1(C(=O)CCC2CC2)CC1. The lowest BCUT2D eigenvalue weighted by Gasteiger charge is -2.09. The Morgan fingerprint density at radius 3 is 2.50 bits per heavy atom. The van der Waals surface area contributed by atoms with E-state index in [0.717, 1.165) is 31.6 Å². The van der Waals surface area contributed by atoms with Gasteiger partial charge in [-0.05, 0) is 25.2 Å². The summed E-state index contributed by atoms with van der Waals surface area (Å²) in [6, 6.07) is 0. The Morgan fingerprint density at radius 1 is 1.42 bits per heavy atom. The minimum Gasteiger partial charge on any atom is -0.329 e. The van der Waals surface area contributed by atoms with Gasteiger partial charge in [-0.15, -0.1) is 0 Å². The van der Waals surface area contributed by atoms with Crippen LogP contribution in [-0.4, -0.2) is 12.3 Å². The van der Waals surface area contributed by atoms with Gasteiger partial charge in [0.2, 0.25) is 0 Å². The van der Waals surface area contributed by atoms with Gasteiger partial charge in [-0.2, -0.15) is 0 Å². The lowest BCUT2D eigenvalue weighted by molar-refractivity contribution is -0.124. The summed E-state index contributed by atoms with van der Waals surface area (Å²) in [5.41, 5.74) is 5.52. The molecule has 0 spiro atoms. The predicted molar refractivity (Wildman–Crippen MR) is 47.7 cm³/mol. The van der Waals surface area contributed by atoms with Crippen molar-refractivity contribution in [3.63, 3.8) is 0 Å². The number of nitrogens with two attached hydrogens (primary N) is 1. The fourth-order valence-corrected chi connectivity index (χ4v) is 1.75. The maximum Gasteiger partial charge on any atom is 0.140 e. The molecule has 2 saturated carbocycles. The van der Waals surface area contributed by atoms with Crippen LogP contribution >= 0.6 is 0 Å². The van der Waals surface area contributed by atoms with Crippen molar-refractivity contribution in [2.75, 3.05) is 6.54 Å². The molecule has 2 heteroatoms. The monoisotopic (exact) mass is 167 g/mol. The van der Waals surface area contributed by atoms with Crippen LogP contribution in [0.3, 0.4) is 0 Å². The van der Waals surface area contributed by atoms with Gasteiger partial charge in [-0.3, -0.25) is 4.79 Å². The molecule has 0 amide bonds. The van der Waals surface area contributed by atoms with Gasteiger partial charge in [-0.25, -0.2) is 0 Å². The van der Waals surface area contributed by atoms with Crippen molar-refractivity contribution in [2.45, 2.75) is 38.5 Å². The summed E-state index contributed by atoms with van der Waals surface area (Å²) in [5.74, 6) is 1.32. The van der Waals surface area contributed by atoms with Crippen LogP contribution in [0, 0.1) is 11.3 Å². The fraction of sp³-hybridized carbons (Fsp3) is 0.900. The second-order valence-corrected chi connectivity index (χ2v) is 4.39. The van der Waals surface area contributed by atoms with Crippen LogP contribution in [-0.2, 0) is 4.79 Å². The zero-order valence-corrected chi connectivity index (χ0v) is 7.51. The van der Waals surface area contributed by atoms with Crippen molar-refractivity contribution in [3.8, 4) is 0 Å². The van der Waals surface area contributed by atoms with Crippen LogP contribution in [0.4, 0.5) is 0 Å². The molecule has 0 atom stereocenters. The molecule has 0 saturated heterocycles. The van der Waals surface area contributed by atoms with Crippen LogP contribution in [0.25, 0.3) is 0 Å².